The van der Waals surface area contributed by atoms with Crippen LogP contribution in [0.15, 0.2) is 0 Å². The highest BCUT2D eigenvalue weighted by molar-refractivity contribution is 5.73. The molecule has 0 spiro atoms. The lowest BCUT2D eigenvalue weighted by Crippen LogP contribution is -2.38. The van der Waals surface area contributed by atoms with Crippen molar-refractivity contribution in [3.05, 3.63) is 0 Å². The summed E-state index contributed by atoms with van der Waals surface area (Å²) in [6.45, 7) is 1.58. The van der Waals surface area contributed by atoms with E-state index >= 15 is 0 Å². The van der Waals surface area contributed by atoms with Crippen LogP contribution in [0.25, 0.3) is 0 Å². The molecule has 4 heteroatoms. The first-order valence-corrected chi connectivity index (χ1v) is 3.24. The van der Waals surface area contributed by atoms with Crippen LogP contribution in [0.5, 0.6) is 0 Å². The van der Waals surface area contributed by atoms with Gasteiger partial charge in [0.25, 0.3) is 0 Å². The Morgan fingerprint density at radius 2 is 2.40 bits per heavy atom. The normalized spacial score (nSPS) is 13.0. The Kier molecular flexibility index (Phi) is 4.84. The van der Waals surface area contributed by atoms with Crippen molar-refractivity contribution >= 4 is 5.97 Å². The van der Waals surface area contributed by atoms with Gasteiger partial charge in [0, 0.05) is 0 Å². The molecule has 0 bridgehead atoms. The van der Waals surface area contributed by atoms with Crippen molar-refractivity contribution in [1.29, 1.82) is 0 Å². The lowest BCUT2D eigenvalue weighted by atomic mass is 10.3. The van der Waals surface area contributed by atoms with E-state index in [0.717, 1.165) is 6.42 Å². The zero-order valence-corrected chi connectivity index (χ0v) is 5.93. The molecule has 60 valence electrons. The number of alkyl halides is 1. The molecule has 0 aromatic heterocycles. The SMILES string of the molecule is CCCNC(CF)C(=O)O. The van der Waals surface area contributed by atoms with Crippen LogP contribution in [0.4, 0.5) is 4.39 Å². The minimum atomic E-state index is -1.13. The summed E-state index contributed by atoms with van der Waals surface area (Å²) in [5.74, 6) is -1.13. The van der Waals surface area contributed by atoms with E-state index in [-0.39, 0.29) is 0 Å². The lowest BCUT2D eigenvalue weighted by Gasteiger charge is -2.07. The van der Waals surface area contributed by atoms with Gasteiger partial charge in [-0.1, -0.05) is 6.92 Å². The molecule has 2 N–H and O–H groups in total. The molecule has 0 aromatic carbocycles. The maximum Gasteiger partial charge on any atom is 0.323 e. The molecule has 0 radical (unpaired) electrons. The molecule has 10 heavy (non-hydrogen) atoms. The Balaban J connectivity index is 3.50. The van der Waals surface area contributed by atoms with Gasteiger partial charge in [0.05, 0.1) is 0 Å². The predicted molar refractivity (Wildman–Crippen MR) is 35.7 cm³/mol. The Bertz CT molecular complexity index is 108. The Morgan fingerprint density at radius 1 is 1.80 bits per heavy atom. The summed E-state index contributed by atoms with van der Waals surface area (Å²) in [6, 6.07) is -1.03. The molecule has 0 saturated carbocycles. The fourth-order valence-corrected chi connectivity index (χ4v) is 0.526. The molecule has 0 fully saturated rings. The summed E-state index contributed by atoms with van der Waals surface area (Å²) in [5.41, 5.74) is 0. The zero-order valence-electron chi connectivity index (χ0n) is 5.93. The van der Waals surface area contributed by atoms with Crippen LogP contribution in [0, 0.1) is 0 Å². The number of carboxylic acid groups (broad SMARTS) is 1. The maximum atomic E-state index is 11.8. The molecular weight excluding hydrogens is 137 g/mol. The van der Waals surface area contributed by atoms with Gasteiger partial charge >= 0.3 is 5.97 Å². The summed E-state index contributed by atoms with van der Waals surface area (Å²) in [6.07, 6.45) is 0.809. The number of hydrogen-bond acceptors (Lipinski definition) is 2. The average Bonchev–Trinajstić information content (AvgIpc) is 1.89. The van der Waals surface area contributed by atoms with E-state index in [9.17, 15) is 9.18 Å². The number of aliphatic carboxylic acids is 1. The van der Waals surface area contributed by atoms with Crippen LogP contribution >= 0.6 is 0 Å². The topological polar surface area (TPSA) is 49.3 Å². The van der Waals surface area contributed by atoms with Crippen LogP contribution in [0.2, 0.25) is 0 Å². The first kappa shape index (κ1) is 9.36. The van der Waals surface area contributed by atoms with Crippen molar-refractivity contribution in [2.45, 2.75) is 19.4 Å². The number of nitrogens with one attached hydrogen (secondary N) is 1. The van der Waals surface area contributed by atoms with Crippen molar-refractivity contribution in [1.82, 2.24) is 5.32 Å². The standard InChI is InChI=1S/C6H12FNO2/c1-2-3-8-5(4-7)6(9)10/h5,8H,2-4H2,1H3,(H,9,10). The van der Waals surface area contributed by atoms with E-state index in [0.29, 0.717) is 6.54 Å². The van der Waals surface area contributed by atoms with Gasteiger partial charge in [-0.15, -0.1) is 0 Å². The second kappa shape index (κ2) is 5.17. The lowest BCUT2D eigenvalue weighted by molar-refractivity contribution is -0.139. The fraction of sp³-hybridized carbons (Fsp3) is 0.833. The van der Waals surface area contributed by atoms with Crippen LogP contribution in [0.1, 0.15) is 13.3 Å². The molecule has 0 heterocycles. The maximum absolute atomic E-state index is 11.8. The minimum Gasteiger partial charge on any atom is -0.480 e. The summed E-state index contributed by atoms with van der Waals surface area (Å²) < 4.78 is 11.8. The highest BCUT2D eigenvalue weighted by Gasteiger charge is 2.14. The smallest absolute Gasteiger partial charge is 0.323 e. The van der Waals surface area contributed by atoms with Crippen LogP contribution in [-0.2, 0) is 4.79 Å². The first-order valence-electron chi connectivity index (χ1n) is 3.24. The van der Waals surface area contributed by atoms with E-state index in [1.54, 1.807) is 0 Å². The van der Waals surface area contributed by atoms with Crippen LogP contribution in [-0.4, -0.2) is 30.3 Å². The molecule has 0 rings (SSSR count). The summed E-state index contributed by atoms with van der Waals surface area (Å²) in [4.78, 5) is 10.1. The second-order valence-electron chi connectivity index (χ2n) is 2.00. The van der Waals surface area contributed by atoms with Gasteiger partial charge in [-0.05, 0) is 13.0 Å². The number of carboxylic acids is 1. The van der Waals surface area contributed by atoms with Crippen LogP contribution < -0.4 is 5.32 Å². The molecule has 3 nitrogen and oxygen atoms in total. The van der Waals surface area contributed by atoms with E-state index in [1.165, 1.54) is 0 Å². The monoisotopic (exact) mass is 149 g/mol. The summed E-state index contributed by atoms with van der Waals surface area (Å²) in [7, 11) is 0. The van der Waals surface area contributed by atoms with Crippen LogP contribution in [0.3, 0.4) is 0 Å². The van der Waals surface area contributed by atoms with Gasteiger partial charge < -0.3 is 10.4 Å². The van der Waals surface area contributed by atoms with Gasteiger partial charge in [-0.2, -0.15) is 0 Å². The molecule has 1 unspecified atom stereocenters. The van der Waals surface area contributed by atoms with E-state index in [4.69, 9.17) is 5.11 Å². The largest absolute Gasteiger partial charge is 0.480 e. The molecule has 0 aliphatic heterocycles. The van der Waals surface area contributed by atoms with Crippen molar-refractivity contribution in [3.8, 4) is 0 Å². The first-order chi connectivity index (χ1) is 4.72. The quantitative estimate of drug-likeness (QED) is 0.595. The average molecular weight is 149 g/mol. The second-order valence-corrected chi connectivity index (χ2v) is 2.00. The molecule has 0 aliphatic rings. The number of rotatable bonds is 5. The molecular formula is C6H12FNO2. The number of halogens is 1. The van der Waals surface area contributed by atoms with Gasteiger partial charge in [0.15, 0.2) is 0 Å². The van der Waals surface area contributed by atoms with Crippen molar-refractivity contribution in [2.24, 2.45) is 0 Å². The van der Waals surface area contributed by atoms with Gasteiger partial charge in [-0.25, -0.2) is 4.39 Å². The third kappa shape index (κ3) is 3.40. The van der Waals surface area contributed by atoms with Crippen molar-refractivity contribution in [2.75, 3.05) is 13.2 Å². The van der Waals surface area contributed by atoms with E-state index < -0.39 is 18.7 Å². The highest BCUT2D eigenvalue weighted by atomic mass is 19.1. The van der Waals surface area contributed by atoms with Gasteiger partial charge in [0.1, 0.15) is 12.7 Å². The Morgan fingerprint density at radius 3 is 2.70 bits per heavy atom. The van der Waals surface area contributed by atoms with Crippen molar-refractivity contribution in [3.63, 3.8) is 0 Å². The van der Waals surface area contributed by atoms with Crippen molar-refractivity contribution < 1.29 is 14.3 Å². The molecule has 0 saturated heterocycles. The van der Waals surface area contributed by atoms with E-state index in [2.05, 4.69) is 5.32 Å². The van der Waals surface area contributed by atoms with E-state index in [1.807, 2.05) is 6.92 Å². The summed E-state index contributed by atoms with van der Waals surface area (Å²) >= 11 is 0. The summed E-state index contributed by atoms with van der Waals surface area (Å²) in [5, 5.41) is 10.8. The third-order valence-electron chi connectivity index (χ3n) is 1.09. The highest BCUT2D eigenvalue weighted by Crippen LogP contribution is 1.85. The fourth-order valence-electron chi connectivity index (χ4n) is 0.526. The number of carbonyl (C=O) groups is 1. The molecule has 0 amide bonds. The Labute approximate surface area is 59.2 Å². The Hall–Kier alpha value is -0.640. The predicted octanol–water partition coefficient (Wildman–Crippen LogP) is 0.409. The zero-order chi connectivity index (χ0) is 7.98. The van der Waals surface area contributed by atoms with Gasteiger partial charge in [0.2, 0.25) is 0 Å². The minimum absolute atomic E-state index is 0.543. The van der Waals surface area contributed by atoms with Gasteiger partial charge in [-0.3, -0.25) is 4.79 Å². The molecule has 1 atom stereocenters. The number of hydrogen-bond donors (Lipinski definition) is 2. The molecule has 0 aliphatic carbocycles. The third-order valence-corrected chi connectivity index (χ3v) is 1.09. The molecule has 0 aromatic rings.